The van der Waals surface area contributed by atoms with Gasteiger partial charge in [-0.3, -0.25) is 0 Å². The molecular weight excluding hydrogens is 204 g/mol. The van der Waals surface area contributed by atoms with E-state index in [1.165, 1.54) is 5.56 Å². The van der Waals surface area contributed by atoms with Crippen LogP contribution in [0.25, 0.3) is 11.4 Å². The lowest BCUT2D eigenvalue weighted by molar-refractivity contribution is 1.13. The number of nitrogens with one attached hydrogen (secondary N) is 1. The molecule has 0 aliphatic carbocycles. The van der Waals surface area contributed by atoms with Gasteiger partial charge in [-0.2, -0.15) is 0 Å². The number of H-pyrrole nitrogens is 1. The average molecular weight is 216 g/mol. The second kappa shape index (κ2) is 4.36. The molecule has 0 amide bonds. The largest absolute Gasteiger partial charge is 0.331 e. The third-order valence-corrected chi connectivity index (χ3v) is 2.54. The van der Waals surface area contributed by atoms with Gasteiger partial charge in [-0.25, -0.2) is 4.98 Å². The van der Waals surface area contributed by atoms with Gasteiger partial charge in [0.15, 0.2) is 0 Å². The Hall–Kier alpha value is -1.48. The van der Waals surface area contributed by atoms with Gasteiger partial charge in [-0.1, -0.05) is 43.4 Å². The van der Waals surface area contributed by atoms with Crippen molar-refractivity contribution in [1.29, 1.82) is 0 Å². The van der Waals surface area contributed by atoms with Crippen LogP contribution in [-0.2, 0) is 6.42 Å². The zero-order valence-electron chi connectivity index (χ0n) is 8.53. The zero-order chi connectivity index (χ0) is 10.7. The molecule has 0 fully saturated rings. The summed E-state index contributed by atoms with van der Waals surface area (Å²) in [6.45, 7) is 2.14. The van der Waals surface area contributed by atoms with Crippen molar-refractivity contribution in [3.63, 3.8) is 0 Å². The van der Waals surface area contributed by atoms with Crippen LogP contribution in [0.2, 0.25) is 0 Å². The van der Waals surface area contributed by atoms with Crippen molar-refractivity contribution in [2.24, 2.45) is 0 Å². The first-order chi connectivity index (χ1) is 7.29. The Morgan fingerprint density at radius 3 is 2.53 bits per heavy atom. The second-order valence-electron chi connectivity index (χ2n) is 3.33. The number of hydrogen-bond donors (Lipinski definition) is 1. The smallest absolute Gasteiger partial charge is 0.138 e. The number of aryl methyl sites for hydroxylation is 1. The number of hydrogen-bond acceptors (Lipinski definition) is 2. The van der Waals surface area contributed by atoms with Crippen molar-refractivity contribution in [3.8, 4) is 11.4 Å². The zero-order valence-corrected chi connectivity index (χ0v) is 9.34. The molecule has 1 N–H and O–H groups in total. The van der Waals surface area contributed by atoms with Gasteiger partial charge in [0, 0.05) is 11.8 Å². The van der Waals surface area contributed by atoms with Crippen molar-refractivity contribution in [1.82, 2.24) is 9.97 Å². The highest BCUT2D eigenvalue weighted by molar-refractivity contribution is 7.71. The van der Waals surface area contributed by atoms with Gasteiger partial charge in [-0.05, 0) is 18.1 Å². The van der Waals surface area contributed by atoms with Crippen LogP contribution in [0.5, 0.6) is 0 Å². The first kappa shape index (κ1) is 10.1. The fraction of sp³-hybridized carbons (Fsp3) is 0.167. The standard InChI is InChI=1S/C12H12N2S/c1-2-9-3-5-10(6-4-9)12-13-8-7-11(15)14-12/h3-8H,2H2,1H3,(H,13,14,15). The molecule has 2 nitrogen and oxygen atoms in total. The molecule has 0 saturated carbocycles. The number of benzene rings is 1. The van der Waals surface area contributed by atoms with E-state index in [9.17, 15) is 0 Å². The minimum Gasteiger partial charge on any atom is -0.331 e. The summed E-state index contributed by atoms with van der Waals surface area (Å²) in [5.41, 5.74) is 2.40. The molecule has 1 aromatic carbocycles. The molecule has 3 heteroatoms. The maximum atomic E-state index is 5.05. The molecule has 0 aliphatic heterocycles. The summed E-state index contributed by atoms with van der Waals surface area (Å²) >= 11 is 5.05. The third kappa shape index (κ3) is 2.30. The van der Waals surface area contributed by atoms with Crippen LogP contribution in [0.15, 0.2) is 36.5 Å². The lowest BCUT2D eigenvalue weighted by Gasteiger charge is -2.01. The van der Waals surface area contributed by atoms with E-state index in [4.69, 9.17) is 12.2 Å². The number of aromatic amines is 1. The summed E-state index contributed by atoms with van der Waals surface area (Å²) in [5, 5.41) is 0. The highest BCUT2D eigenvalue weighted by atomic mass is 32.1. The van der Waals surface area contributed by atoms with Crippen LogP contribution in [0.4, 0.5) is 0 Å². The highest BCUT2D eigenvalue weighted by Gasteiger charge is 1.98. The topological polar surface area (TPSA) is 28.7 Å². The minimum absolute atomic E-state index is 0.708. The van der Waals surface area contributed by atoms with Gasteiger partial charge >= 0.3 is 0 Å². The van der Waals surface area contributed by atoms with Gasteiger partial charge in [0.05, 0.1) is 0 Å². The predicted molar refractivity (Wildman–Crippen MR) is 64.2 cm³/mol. The fourth-order valence-corrected chi connectivity index (χ4v) is 1.57. The van der Waals surface area contributed by atoms with Crippen molar-refractivity contribution < 1.29 is 0 Å². The Labute approximate surface area is 94.0 Å². The molecule has 15 heavy (non-hydrogen) atoms. The van der Waals surface area contributed by atoms with Crippen molar-refractivity contribution in [2.75, 3.05) is 0 Å². The van der Waals surface area contributed by atoms with E-state index in [0.717, 1.165) is 17.8 Å². The van der Waals surface area contributed by atoms with Crippen LogP contribution < -0.4 is 0 Å². The predicted octanol–water partition coefficient (Wildman–Crippen LogP) is 3.37. The molecule has 0 radical (unpaired) electrons. The number of aromatic nitrogens is 2. The second-order valence-corrected chi connectivity index (χ2v) is 3.77. The van der Waals surface area contributed by atoms with Gasteiger partial charge in [-0.15, -0.1) is 0 Å². The normalized spacial score (nSPS) is 10.2. The van der Waals surface area contributed by atoms with Crippen molar-refractivity contribution >= 4 is 12.2 Å². The maximum Gasteiger partial charge on any atom is 0.138 e. The quantitative estimate of drug-likeness (QED) is 0.780. The van der Waals surface area contributed by atoms with Gasteiger partial charge in [0.1, 0.15) is 10.5 Å². The Bertz CT molecular complexity index is 500. The van der Waals surface area contributed by atoms with Crippen molar-refractivity contribution in [3.05, 3.63) is 46.7 Å². The van der Waals surface area contributed by atoms with Crippen LogP contribution in [-0.4, -0.2) is 9.97 Å². The van der Waals surface area contributed by atoms with Crippen molar-refractivity contribution in [2.45, 2.75) is 13.3 Å². The van der Waals surface area contributed by atoms with E-state index in [1.54, 1.807) is 12.3 Å². The fourth-order valence-electron chi connectivity index (χ4n) is 1.42. The summed E-state index contributed by atoms with van der Waals surface area (Å²) < 4.78 is 0.708. The summed E-state index contributed by atoms with van der Waals surface area (Å²) in [6, 6.07) is 10.1. The molecule has 2 aromatic rings. The lowest BCUT2D eigenvalue weighted by atomic mass is 10.1. The SMILES string of the molecule is CCc1ccc(-c2nccc(=S)[nH]2)cc1. The molecule has 0 aliphatic rings. The first-order valence-electron chi connectivity index (χ1n) is 4.94. The van der Waals surface area contributed by atoms with Gasteiger partial charge in [0.25, 0.3) is 0 Å². The third-order valence-electron chi connectivity index (χ3n) is 2.31. The summed E-state index contributed by atoms with van der Waals surface area (Å²) in [6.07, 6.45) is 2.78. The molecule has 1 aromatic heterocycles. The van der Waals surface area contributed by atoms with E-state index in [-0.39, 0.29) is 0 Å². The van der Waals surface area contributed by atoms with Gasteiger partial charge in [0.2, 0.25) is 0 Å². The van der Waals surface area contributed by atoms with Crippen LogP contribution in [0.3, 0.4) is 0 Å². The average Bonchev–Trinajstić information content (AvgIpc) is 2.29. The summed E-state index contributed by atoms with van der Waals surface area (Å²) in [4.78, 5) is 7.31. The molecule has 0 saturated heterocycles. The highest BCUT2D eigenvalue weighted by Crippen LogP contribution is 2.14. The monoisotopic (exact) mass is 216 g/mol. The Morgan fingerprint density at radius 1 is 1.20 bits per heavy atom. The van der Waals surface area contributed by atoms with Crippen LogP contribution in [0, 0.1) is 4.64 Å². The van der Waals surface area contributed by atoms with E-state index >= 15 is 0 Å². The first-order valence-corrected chi connectivity index (χ1v) is 5.35. The summed E-state index contributed by atoms with van der Waals surface area (Å²) in [5.74, 6) is 0.824. The molecule has 0 atom stereocenters. The number of rotatable bonds is 2. The molecule has 0 spiro atoms. The molecular formula is C12H12N2S. The molecule has 76 valence electrons. The Balaban J connectivity index is 2.41. The van der Waals surface area contributed by atoms with Gasteiger partial charge < -0.3 is 4.98 Å². The van der Waals surface area contributed by atoms with E-state index < -0.39 is 0 Å². The molecule has 1 heterocycles. The summed E-state index contributed by atoms with van der Waals surface area (Å²) in [7, 11) is 0. The molecule has 0 unspecified atom stereocenters. The van der Waals surface area contributed by atoms with Crippen LogP contribution >= 0.6 is 12.2 Å². The Kier molecular flexibility index (Phi) is 2.92. The lowest BCUT2D eigenvalue weighted by Crippen LogP contribution is -1.88. The molecule has 0 bridgehead atoms. The van der Waals surface area contributed by atoms with E-state index in [0.29, 0.717) is 4.64 Å². The molecule has 2 rings (SSSR count). The van der Waals surface area contributed by atoms with E-state index in [2.05, 4.69) is 41.2 Å². The maximum absolute atomic E-state index is 5.05. The number of nitrogens with zero attached hydrogens (tertiary/aromatic N) is 1. The van der Waals surface area contributed by atoms with E-state index in [1.807, 2.05) is 0 Å². The Morgan fingerprint density at radius 2 is 1.93 bits per heavy atom. The van der Waals surface area contributed by atoms with Crippen LogP contribution in [0.1, 0.15) is 12.5 Å². The minimum atomic E-state index is 0.708.